The van der Waals surface area contributed by atoms with Crippen molar-refractivity contribution >= 4 is 34.7 Å². The topological polar surface area (TPSA) is 66.9 Å². The molecule has 3 rings (SSSR count). The molecule has 0 radical (unpaired) electrons. The number of hydrogen-bond donors (Lipinski definition) is 2. The molecule has 1 aromatic heterocycles. The number of carbonyl (C=O) groups excluding carboxylic acids is 1. The Morgan fingerprint density at radius 3 is 2.44 bits per heavy atom. The molecular weight excluding hydrogens is 336 g/mol. The second kappa shape index (κ2) is 7.32. The number of benzene rings is 2. The summed E-state index contributed by atoms with van der Waals surface area (Å²) in [5, 5.41) is 6.67. The number of anilines is 3. The van der Waals surface area contributed by atoms with Crippen molar-refractivity contribution in [1.29, 1.82) is 0 Å². The normalized spacial score (nSPS) is 10.4. The Kier molecular flexibility index (Phi) is 4.95. The van der Waals surface area contributed by atoms with Gasteiger partial charge in [-0.25, -0.2) is 9.97 Å². The quantitative estimate of drug-likeness (QED) is 0.711. The number of aromatic nitrogens is 2. The van der Waals surface area contributed by atoms with Crippen LogP contribution in [0, 0.1) is 13.8 Å². The number of aryl methyl sites for hydroxylation is 2. The van der Waals surface area contributed by atoms with Crippen molar-refractivity contribution in [2.45, 2.75) is 13.8 Å². The molecule has 0 aliphatic rings. The first-order chi connectivity index (χ1) is 12.0. The van der Waals surface area contributed by atoms with Gasteiger partial charge in [0, 0.05) is 16.4 Å². The molecular formula is C19H17ClN4O. The number of carbonyl (C=O) groups is 1. The van der Waals surface area contributed by atoms with E-state index in [9.17, 15) is 4.79 Å². The van der Waals surface area contributed by atoms with E-state index in [4.69, 9.17) is 11.6 Å². The van der Waals surface area contributed by atoms with E-state index in [2.05, 4.69) is 20.6 Å². The summed E-state index contributed by atoms with van der Waals surface area (Å²) in [6, 6.07) is 13.1. The summed E-state index contributed by atoms with van der Waals surface area (Å²) in [4.78, 5) is 20.7. The van der Waals surface area contributed by atoms with E-state index in [0.717, 1.165) is 22.5 Å². The van der Waals surface area contributed by atoms with E-state index in [1.807, 2.05) is 50.2 Å². The maximum absolute atomic E-state index is 12.3. The molecule has 0 unspecified atom stereocenters. The number of rotatable bonds is 4. The van der Waals surface area contributed by atoms with Gasteiger partial charge >= 0.3 is 0 Å². The van der Waals surface area contributed by atoms with E-state index < -0.39 is 0 Å². The lowest BCUT2D eigenvalue weighted by Crippen LogP contribution is -2.15. The first kappa shape index (κ1) is 16.9. The lowest BCUT2D eigenvalue weighted by Gasteiger charge is -2.10. The van der Waals surface area contributed by atoms with E-state index in [0.29, 0.717) is 10.8 Å². The van der Waals surface area contributed by atoms with E-state index in [1.165, 1.54) is 12.4 Å². The van der Waals surface area contributed by atoms with Crippen LogP contribution in [0.25, 0.3) is 0 Å². The minimum atomic E-state index is -0.295. The third-order valence-corrected chi connectivity index (χ3v) is 3.96. The summed E-state index contributed by atoms with van der Waals surface area (Å²) in [6.45, 7) is 3.88. The second-order valence-corrected chi connectivity index (χ2v) is 6.08. The molecule has 1 heterocycles. The molecule has 0 atom stereocenters. The molecule has 0 spiro atoms. The monoisotopic (exact) mass is 352 g/mol. The number of hydrogen-bond acceptors (Lipinski definition) is 4. The fourth-order valence-electron chi connectivity index (χ4n) is 2.31. The summed E-state index contributed by atoms with van der Waals surface area (Å²) in [5.41, 5.74) is 3.88. The fourth-order valence-corrected chi connectivity index (χ4v) is 2.54. The SMILES string of the molecule is Cc1ccccc1NC(=O)c1cnc(Nc2ccc(Cl)cc2C)cn1. The second-order valence-electron chi connectivity index (χ2n) is 5.64. The Hall–Kier alpha value is -2.92. The smallest absolute Gasteiger partial charge is 0.275 e. The van der Waals surface area contributed by atoms with Crippen molar-refractivity contribution in [3.63, 3.8) is 0 Å². The summed E-state index contributed by atoms with van der Waals surface area (Å²) < 4.78 is 0. The summed E-state index contributed by atoms with van der Waals surface area (Å²) in [6.07, 6.45) is 2.97. The molecule has 2 N–H and O–H groups in total. The van der Waals surface area contributed by atoms with E-state index in [-0.39, 0.29) is 11.6 Å². The van der Waals surface area contributed by atoms with Crippen molar-refractivity contribution in [2.24, 2.45) is 0 Å². The Morgan fingerprint density at radius 2 is 1.76 bits per heavy atom. The highest BCUT2D eigenvalue weighted by Crippen LogP contribution is 2.22. The van der Waals surface area contributed by atoms with Gasteiger partial charge in [-0.1, -0.05) is 29.8 Å². The van der Waals surface area contributed by atoms with Crippen LogP contribution in [0.5, 0.6) is 0 Å². The highest BCUT2D eigenvalue weighted by molar-refractivity contribution is 6.30. The van der Waals surface area contributed by atoms with Crippen molar-refractivity contribution in [3.8, 4) is 0 Å². The summed E-state index contributed by atoms with van der Waals surface area (Å²) in [7, 11) is 0. The lowest BCUT2D eigenvalue weighted by molar-refractivity contribution is 0.102. The number of amides is 1. The number of halogens is 1. The zero-order valence-electron chi connectivity index (χ0n) is 13.9. The molecule has 1 amide bonds. The van der Waals surface area contributed by atoms with Crippen LogP contribution in [-0.2, 0) is 0 Å². The molecule has 0 fully saturated rings. The summed E-state index contributed by atoms with van der Waals surface area (Å²) >= 11 is 5.95. The predicted molar refractivity (Wildman–Crippen MR) is 101 cm³/mol. The number of para-hydroxylation sites is 1. The van der Waals surface area contributed by atoms with Crippen molar-refractivity contribution in [3.05, 3.63) is 76.7 Å². The van der Waals surface area contributed by atoms with Gasteiger partial charge in [-0.05, 0) is 49.2 Å². The molecule has 0 saturated heterocycles. The van der Waals surface area contributed by atoms with Gasteiger partial charge in [0.05, 0.1) is 12.4 Å². The van der Waals surface area contributed by atoms with Gasteiger partial charge in [0.1, 0.15) is 11.5 Å². The molecule has 0 bridgehead atoms. The molecule has 3 aromatic rings. The van der Waals surface area contributed by atoms with Crippen LogP contribution in [0.4, 0.5) is 17.2 Å². The molecule has 0 aliphatic heterocycles. The highest BCUT2D eigenvalue weighted by Gasteiger charge is 2.10. The van der Waals surface area contributed by atoms with Crippen LogP contribution in [-0.4, -0.2) is 15.9 Å². The van der Waals surface area contributed by atoms with E-state index in [1.54, 1.807) is 6.07 Å². The highest BCUT2D eigenvalue weighted by atomic mass is 35.5. The van der Waals surface area contributed by atoms with Gasteiger partial charge in [0.15, 0.2) is 0 Å². The van der Waals surface area contributed by atoms with Crippen LogP contribution in [0.3, 0.4) is 0 Å². The first-order valence-electron chi connectivity index (χ1n) is 7.75. The van der Waals surface area contributed by atoms with Crippen LogP contribution in [0.15, 0.2) is 54.9 Å². The van der Waals surface area contributed by atoms with Gasteiger partial charge in [-0.2, -0.15) is 0 Å². The average Bonchev–Trinajstić information content (AvgIpc) is 2.60. The van der Waals surface area contributed by atoms with Crippen molar-refractivity contribution < 1.29 is 4.79 Å². The average molecular weight is 353 g/mol. The van der Waals surface area contributed by atoms with Gasteiger partial charge in [0.2, 0.25) is 0 Å². The van der Waals surface area contributed by atoms with E-state index >= 15 is 0 Å². The minimum absolute atomic E-state index is 0.252. The number of nitrogens with one attached hydrogen (secondary N) is 2. The maximum Gasteiger partial charge on any atom is 0.275 e. The third kappa shape index (κ3) is 4.14. The fraction of sp³-hybridized carbons (Fsp3) is 0.105. The van der Waals surface area contributed by atoms with Crippen molar-refractivity contribution in [2.75, 3.05) is 10.6 Å². The van der Waals surface area contributed by atoms with Crippen LogP contribution in [0.2, 0.25) is 5.02 Å². The maximum atomic E-state index is 12.3. The van der Waals surface area contributed by atoms with Crippen molar-refractivity contribution in [1.82, 2.24) is 9.97 Å². The molecule has 5 nitrogen and oxygen atoms in total. The lowest BCUT2D eigenvalue weighted by atomic mass is 10.2. The van der Waals surface area contributed by atoms with Gasteiger partial charge < -0.3 is 10.6 Å². The Balaban J connectivity index is 1.71. The first-order valence-corrected chi connectivity index (χ1v) is 8.13. The molecule has 25 heavy (non-hydrogen) atoms. The Bertz CT molecular complexity index is 910. The molecule has 0 aliphatic carbocycles. The molecule has 6 heteroatoms. The molecule has 0 saturated carbocycles. The largest absolute Gasteiger partial charge is 0.339 e. The third-order valence-electron chi connectivity index (χ3n) is 3.73. The zero-order chi connectivity index (χ0) is 17.8. The predicted octanol–water partition coefficient (Wildman–Crippen LogP) is 4.74. The van der Waals surface area contributed by atoms with Crippen LogP contribution >= 0.6 is 11.6 Å². The zero-order valence-corrected chi connectivity index (χ0v) is 14.6. The van der Waals surface area contributed by atoms with Gasteiger partial charge in [-0.3, -0.25) is 4.79 Å². The Morgan fingerprint density at radius 1 is 0.960 bits per heavy atom. The van der Waals surface area contributed by atoms with Gasteiger partial charge in [-0.15, -0.1) is 0 Å². The summed E-state index contributed by atoms with van der Waals surface area (Å²) in [5.74, 6) is 0.258. The van der Waals surface area contributed by atoms with Gasteiger partial charge in [0.25, 0.3) is 5.91 Å². The van der Waals surface area contributed by atoms with Crippen LogP contribution < -0.4 is 10.6 Å². The Labute approximate surface area is 151 Å². The number of nitrogens with zero attached hydrogens (tertiary/aromatic N) is 2. The molecule has 2 aromatic carbocycles. The standard InChI is InChI=1S/C19H17ClN4O/c1-12-5-3-4-6-15(12)24-19(25)17-10-22-18(11-21-17)23-16-8-7-14(20)9-13(16)2/h3-11H,1-2H3,(H,22,23)(H,24,25). The van der Waals surface area contributed by atoms with Crippen LogP contribution in [0.1, 0.15) is 21.6 Å². The minimum Gasteiger partial charge on any atom is -0.339 e. The molecule has 126 valence electrons.